The van der Waals surface area contributed by atoms with Gasteiger partial charge in [0.2, 0.25) is 0 Å². The van der Waals surface area contributed by atoms with Gasteiger partial charge in [0.1, 0.15) is 0 Å². The van der Waals surface area contributed by atoms with E-state index in [1.807, 2.05) is 0 Å². The smallest absolute Gasteiger partial charge is 0.00152 e. The Morgan fingerprint density at radius 1 is 0.867 bits per heavy atom. The van der Waals surface area contributed by atoms with E-state index in [2.05, 4.69) is 4.90 Å². The van der Waals surface area contributed by atoms with Gasteiger partial charge in [-0.15, -0.1) is 0 Å². The number of hydrogen-bond acceptors (Lipinski definition) is 1. The van der Waals surface area contributed by atoms with Gasteiger partial charge in [0.05, 0.1) is 0 Å². The van der Waals surface area contributed by atoms with Crippen molar-refractivity contribution in [3.63, 3.8) is 0 Å². The number of hydrogen-bond donors (Lipinski definition) is 0. The minimum Gasteiger partial charge on any atom is -0.303 e. The van der Waals surface area contributed by atoms with Gasteiger partial charge < -0.3 is 4.90 Å². The monoisotopic (exact) mass is 207 g/mol. The van der Waals surface area contributed by atoms with Crippen LogP contribution < -0.4 is 0 Å². The van der Waals surface area contributed by atoms with Crippen molar-refractivity contribution in [1.82, 2.24) is 4.90 Å². The Morgan fingerprint density at radius 2 is 1.53 bits per heavy atom. The minimum absolute atomic E-state index is 0.857. The molecule has 3 fully saturated rings. The summed E-state index contributed by atoms with van der Waals surface area (Å²) in [6, 6.07) is 0. The molecule has 2 saturated carbocycles. The van der Waals surface area contributed by atoms with Gasteiger partial charge in [-0.3, -0.25) is 0 Å². The van der Waals surface area contributed by atoms with Crippen LogP contribution in [0.1, 0.15) is 57.8 Å². The number of nitrogens with zero attached hydrogens (tertiary/aromatic N) is 1. The first kappa shape index (κ1) is 10.1. The highest BCUT2D eigenvalue weighted by Gasteiger charge is 2.53. The average molecular weight is 207 g/mol. The third kappa shape index (κ3) is 2.08. The molecule has 1 saturated heterocycles. The summed E-state index contributed by atoms with van der Waals surface area (Å²) in [4.78, 5) is 2.75. The van der Waals surface area contributed by atoms with Gasteiger partial charge in [-0.25, -0.2) is 0 Å². The molecule has 0 radical (unpaired) electrons. The van der Waals surface area contributed by atoms with Gasteiger partial charge in [0.15, 0.2) is 0 Å². The van der Waals surface area contributed by atoms with Gasteiger partial charge in [-0.2, -0.15) is 0 Å². The molecule has 86 valence electrons. The van der Waals surface area contributed by atoms with Crippen molar-refractivity contribution >= 4 is 0 Å². The van der Waals surface area contributed by atoms with Crippen LogP contribution in [0, 0.1) is 11.3 Å². The molecule has 1 atom stereocenters. The minimum atomic E-state index is 0.857. The van der Waals surface area contributed by atoms with E-state index in [-0.39, 0.29) is 0 Å². The first-order chi connectivity index (χ1) is 7.39. The SMILES string of the molecule is C1CCN(CC2CC23CCCCC3)CC1. The number of rotatable bonds is 2. The van der Waals surface area contributed by atoms with E-state index >= 15 is 0 Å². The second-order valence-electron chi connectivity index (χ2n) is 6.19. The molecule has 3 rings (SSSR count). The summed E-state index contributed by atoms with van der Waals surface area (Å²) in [5.41, 5.74) is 0.857. The fourth-order valence-corrected chi connectivity index (χ4v) is 4.01. The van der Waals surface area contributed by atoms with Crippen LogP contribution in [0.5, 0.6) is 0 Å². The zero-order valence-corrected chi connectivity index (χ0v) is 10.0. The van der Waals surface area contributed by atoms with E-state index in [9.17, 15) is 0 Å². The number of likely N-dealkylation sites (tertiary alicyclic amines) is 1. The normalized spacial score (nSPS) is 35.6. The maximum absolute atomic E-state index is 2.75. The van der Waals surface area contributed by atoms with E-state index in [0.717, 1.165) is 11.3 Å². The van der Waals surface area contributed by atoms with Crippen LogP contribution in [-0.4, -0.2) is 24.5 Å². The molecule has 0 aromatic heterocycles. The third-order valence-corrected chi connectivity index (χ3v) is 5.14. The summed E-state index contributed by atoms with van der Waals surface area (Å²) in [6.45, 7) is 4.24. The average Bonchev–Trinajstić information content (AvgIpc) is 2.93. The molecule has 15 heavy (non-hydrogen) atoms. The Kier molecular flexibility index (Phi) is 2.76. The predicted octanol–water partition coefficient (Wildman–Crippen LogP) is 3.44. The molecular weight excluding hydrogens is 182 g/mol. The van der Waals surface area contributed by atoms with E-state index in [4.69, 9.17) is 0 Å². The summed E-state index contributed by atoms with van der Waals surface area (Å²) in [7, 11) is 0. The molecule has 0 aromatic carbocycles. The molecule has 1 unspecified atom stereocenters. The van der Waals surface area contributed by atoms with E-state index in [1.165, 1.54) is 58.2 Å². The van der Waals surface area contributed by atoms with Crippen molar-refractivity contribution in [3.05, 3.63) is 0 Å². The van der Waals surface area contributed by atoms with Crippen molar-refractivity contribution in [1.29, 1.82) is 0 Å². The van der Waals surface area contributed by atoms with Gasteiger partial charge in [0.25, 0.3) is 0 Å². The number of piperidine rings is 1. The molecule has 0 bridgehead atoms. The molecule has 1 heteroatoms. The highest BCUT2D eigenvalue weighted by Crippen LogP contribution is 2.61. The van der Waals surface area contributed by atoms with Crippen LogP contribution in [-0.2, 0) is 0 Å². The molecule has 0 N–H and O–H groups in total. The maximum atomic E-state index is 2.75. The fourth-order valence-electron chi connectivity index (χ4n) is 4.01. The topological polar surface area (TPSA) is 3.24 Å². The van der Waals surface area contributed by atoms with E-state index < -0.39 is 0 Å². The Bertz CT molecular complexity index is 211. The molecule has 0 aromatic rings. The summed E-state index contributed by atoms with van der Waals surface area (Å²) in [5, 5.41) is 0. The van der Waals surface area contributed by atoms with Gasteiger partial charge in [-0.1, -0.05) is 25.7 Å². The molecule has 3 aliphatic rings. The predicted molar refractivity (Wildman–Crippen MR) is 63.9 cm³/mol. The molecule has 1 aliphatic heterocycles. The van der Waals surface area contributed by atoms with E-state index in [0.29, 0.717) is 0 Å². The summed E-state index contributed by atoms with van der Waals surface area (Å²) in [5.74, 6) is 1.09. The van der Waals surface area contributed by atoms with Crippen LogP contribution in [0.4, 0.5) is 0 Å². The second kappa shape index (κ2) is 4.08. The van der Waals surface area contributed by atoms with E-state index in [1.54, 1.807) is 19.3 Å². The largest absolute Gasteiger partial charge is 0.303 e. The highest BCUT2D eigenvalue weighted by molar-refractivity contribution is 5.04. The molecule has 2 aliphatic carbocycles. The lowest BCUT2D eigenvalue weighted by Crippen LogP contribution is -2.32. The Hall–Kier alpha value is -0.0400. The Morgan fingerprint density at radius 3 is 2.27 bits per heavy atom. The zero-order chi connectivity index (χ0) is 10.1. The van der Waals surface area contributed by atoms with Crippen molar-refractivity contribution in [3.8, 4) is 0 Å². The lowest BCUT2D eigenvalue weighted by Gasteiger charge is -2.29. The third-order valence-electron chi connectivity index (χ3n) is 5.14. The van der Waals surface area contributed by atoms with Crippen molar-refractivity contribution in [2.24, 2.45) is 11.3 Å². The summed E-state index contributed by atoms with van der Waals surface area (Å²) >= 11 is 0. The van der Waals surface area contributed by atoms with Crippen LogP contribution in [0.15, 0.2) is 0 Å². The quantitative estimate of drug-likeness (QED) is 0.670. The molecular formula is C14H25N. The summed E-state index contributed by atoms with van der Waals surface area (Å²) < 4.78 is 0. The second-order valence-corrected chi connectivity index (χ2v) is 6.19. The van der Waals surface area contributed by atoms with Gasteiger partial charge in [-0.05, 0) is 56.5 Å². The van der Waals surface area contributed by atoms with Crippen LogP contribution in [0.2, 0.25) is 0 Å². The molecule has 1 spiro atoms. The molecule has 1 heterocycles. The molecule has 1 nitrogen and oxygen atoms in total. The molecule has 0 amide bonds. The zero-order valence-electron chi connectivity index (χ0n) is 10.0. The first-order valence-corrected chi connectivity index (χ1v) is 7.11. The lowest BCUT2D eigenvalue weighted by atomic mass is 9.84. The van der Waals surface area contributed by atoms with Crippen LogP contribution in [0.25, 0.3) is 0 Å². The highest BCUT2D eigenvalue weighted by atomic mass is 15.1. The fraction of sp³-hybridized carbons (Fsp3) is 1.00. The Balaban J connectivity index is 1.48. The van der Waals surface area contributed by atoms with Crippen LogP contribution >= 0.6 is 0 Å². The van der Waals surface area contributed by atoms with Crippen molar-refractivity contribution in [2.75, 3.05) is 19.6 Å². The van der Waals surface area contributed by atoms with Crippen molar-refractivity contribution in [2.45, 2.75) is 57.8 Å². The van der Waals surface area contributed by atoms with Crippen molar-refractivity contribution < 1.29 is 0 Å². The van der Waals surface area contributed by atoms with Gasteiger partial charge in [0, 0.05) is 6.54 Å². The van der Waals surface area contributed by atoms with Gasteiger partial charge >= 0.3 is 0 Å². The summed E-state index contributed by atoms with van der Waals surface area (Å²) in [6.07, 6.45) is 13.7. The lowest BCUT2D eigenvalue weighted by molar-refractivity contribution is 0.196. The standard InChI is InChI=1S/C14H25N/c1-3-7-14(8-4-1)11-13(14)12-15-9-5-2-6-10-15/h13H,1-12H2. The maximum Gasteiger partial charge on any atom is 0.00152 e. The first-order valence-electron chi connectivity index (χ1n) is 7.11. The van der Waals surface area contributed by atoms with Crippen LogP contribution in [0.3, 0.4) is 0 Å². The Labute approximate surface area is 94.2 Å².